The van der Waals surface area contributed by atoms with Gasteiger partial charge in [-0.1, -0.05) is 13.8 Å². The molecule has 1 rings (SSSR count). The standard InChI is InChI=1S/C14H22N2O3/c1-5-10(6-2)13(17)16-11-8-15-9(4)12(11)14(18)19-7-3/h8,10,15H,5-7H2,1-4H3,(H,16,17). The van der Waals surface area contributed by atoms with Crippen molar-refractivity contribution in [2.24, 2.45) is 5.92 Å². The van der Waals surface area contributed by atoms with Gasteiger partial charge < -0.3 is 15.0 Å². The van der Waals surface area contributed by atoms with Gasteiger partial charge in [0.05, 0.1) is 12.3 Å². The number of carbonyl (C=O) groups is 2. The molecule has 5 heteroatoms. The molecular weight excluding hydrogens is 244 g/mol. The van der Waals surface area contributed by atoms with Gasteiger partial charge in [-0.3, -0.25) is 4.79 Å². The molecule has 0 aliphatic carbocycles. The summed E-state index contributed by atoms with van der Waals surface area (Å²) in [5.74, 6) is -0.513. The molecule has 1 aromatic heterocycles. The smallest absolute Gasteiger partial charge is 0.342 e. The van der Waals surface area contributed by atoms with E-state index in [4.69, 9.17) is 4.74 Å². The number of rotatable bonds is 6. The van der Waals surface area contributed by atoms with Gasteiger partial charge in [0.2, 0.25) is 5.91 Å². The van der Waals surface area contributed by atoms with Gasteiger partial charge in [0.1, 0.15) is 5.56 Å². The van der Waals surface area contributed by atoms with E-state index in [-0.39, 0.29) is 11.8 Å². The molecule has 0 saturated carbocycles. The molecule has 0 unspecified atom stereocenters. The fourth-order valence-corrected chi connectivity index (χ4v) is 1.99. The summed E-state index contributed by atoms with van der Waals surface area (Å²) in [7, 11) is 0. The number of aromatic amines is 1. The van der Waals surface area contributed by atoms with Crippen LogP contribution in [0.4, 0.5) is 5.69 Å². The number of H-pyrrole nitrogens is 1. The molecule has 0 spiro atoms. The van der Waals surface area contributed by atoms with Crippen LogP contribution in [-0.2, 0) is 9.53 Å². The molecule has 0 saturated heterocycles. The van der Waals surface area contributed by atoms with Crippen molar-refractivity contribution in [1.29, 1.82) is 0 Å². The van der Waals surface area contributed by atoms with Crippen molar-refractivity contribution in [2.45, 2.75) is 40.5 Å². The van der Waals surface area contributed by atoms with E-state index in [1.54, 1.807) is 20.0 Å². The van der Waals surface area contributed by atoms with Gasteiger partial charge in [0, 0.05) is 17.8 Å². The van der Waals surface area contributed by atoms with Gasteiger partial charge in [-0.25, -0.2) is 4.79 Å². The number of anilines is 1. The third-order valence-corrected chi connectivity index (χ3v) is 3.17. The summed E-state index contributed by atoms with van der Waals surface area (Å²) < 4.78 is 4.99. The molecule has 2 N–H and O–H groups in total. The number of carbonyl (C=O) groups excluding carboxylic acids is 2. The van der Waals surface area contributed by atoms with Crippen LogP contribution in [0.2, 0.25) is 0 Å². The van der Waals surface area contributed by atoms with Crippen molar-refractivity contribution in [1.82, 2.24) is 4.98 Å². The summed E-state index contributed by atoms with van der Waals surface area (Å²) in [6.07, 6.45) is 3.18. The molecular formula is C14H22N2O3. The Hall–Kier alpha value is -1.78. The molecule has 1 aromatic rings. The van der Waals surface area contributed by atoms with Crippen LogP contribution >= 0.6 is 0 Å². The Balaban J connectivity index is 2.90. The molecule has 0 fully saturated rings. The first kappa shape index (κ1) is 15.3. The van der Waals surface area contributed by atoms with E-state index in [1.807, 2.05) is 13.8 Å². The first-order valence-corrected chi connectivity index (χ1v) is 6.70. The number of ether oxygens (including phenoxy) is 1. The van der Waals surface area contributed by atoms with Gasteiger partial charge in [-0.15, -0.1) is 0 Å². The summed E-state index contributed by atoms with van der Waals surface area (Å²) >= 11 is 0. The average Bonchev–Trinajstić information content (AvgIpc) is 2.72. The Labute approximate surface area is 113 Å². The predicted molar refractivity (Wildman–Crippen MR) is 74.2 cm³/mol. The maximum atomic E-state index is 12.0. The molecule has 0 atom stereocenters. The second kappa shape index (κ2) is 6.97. The van der Waals surface area contributed by atoms with Crippen molar-refractivity contribution in [3.05, 3.63) is 17.5 Å². The summed E-state index contributed by atoms with van der Waals surface area (Å²) in [6, 6.07) is 0. The van der Waals surface area contributed by atoms with Gasteiger partial charge in [-0.2, -0.15) is 0 Å². The molecule has 0 aliphatic rings. The number of amides is 1. The molecule has 1 amide bonds. The van der Waals surface area contributed by atoms with Crippen LogP contribution in [0, 0.1) is 12.8 Å². The fraction of sp³-hybridized carbons (Fsp3) is 0.571. The Bertz CT molecular complexity index is 448. The van der Waals surface area contributed by atoms with E-state index in [2.05, 4.69) is 10.3 Å². The van der Waals surface area contributed by atoms with E-state index in [1.165, 1.54) is 0 Å². The Morgan fingerprint density at radius 1 is 1.32 bits per heavy atom. The lowest BCUT2D eigenvalue weighted by Crippen LogP contribution is -2.22. The molecule has 0 radical (unpaired) electrons. The second-order valence-electron chi connectivity index (χ2n) is 4.43. The zero-order valence-corrected chi connectivity index (χ0v) is 12.0. The topological polar surface area (TPSA) is 71.2 Å². The number of aryl methyl sites for hydroxylation is 1. The van der Waals surface area contributed by atoms with E-state index < -0.39 is 5.97 Å². The Morgan fingerprint density at radius 3 is 2.47 bits per heavy atom. The highest BCUT2D eigenvalue weighted by molar-refractivity contribution is 6.02. The quantitative estimate of drug-likeness (QED) is 0.778. The highest BCUT2D eigenvalue weighted by Crippen LogP contribution is 2.22. The summed E-state index contributed by atoms with van der Waals surface area (Å²) in [6.45, 7) is 7.79. The van der Waals surface area contributed by atoms with Crippen molar-refractivity contribution < 1.29 is 14.3 Å². The van der Waals surface area contributed by atoms with Crippen molar-refractivity contribution in [3.8, 4) is 0 Å². The van der Waals surface area contributed by atoms with Crippen LogP contribution in [0.15, 0.2) is 6.20 Å². The molecule has 106 valence electrons. The van der Waals surface area contributed by atoms with E-state index >= 15 is 0 Å². The van der Waals surface area contributed by atoms with Crippen LogP contribution in [0.1, 0.15) is 49.7 Å². The number of esters is 1. The second-order valence-corrected chi connectivity index (χ2v) is 4.43. The molecule has 0 aliphatic heterocycles. The predicted octanol–water partition coefficient (Wildman–Crippen LogP) is 2.87. The lowest BCUT2D eigenvalue weighted by Gasteiger charge is -2.13. The van der Waals surface area contributed by atoms with Gasteiger partial charge in [0.25, 0.3) is 0 Å². The number of aromatic nitrogens is 1. The first-order chi connectivity index (χ1) is 9.04. The molecule has 0 aromatic carbocycles. The van der Waals surface area contributed by atoms with Crippen LogP contribution in [0.3, 0.4) is 0 Å². The Morgan fingerprint density at radius 2 is 1.95 bits per heavy atom. The van der Waals surface area contributed by atoms with Crippen molar-refractivity contribution in [3.63, 3.8) is 0 Å². The summed E-state index contributed by atoms with van der Waals surface area (Å²) in [5, 5.41) is 2.80. The highest BCUT2D eigenvalue weighted by atomic mass is 16.5. The summed E-state index contributed by atoms with van der Waals surface area (Å²) in [5.41, 5.74) is 1.59. The van der Waals surface area contributed by atoms with E-state index in [0.717, 1.165) is 12.8 Å². The lowest BCUT2D eigenvalue weighted by atomic mass is 10.0. The zero-order valence-electron chi connectivity index (χ0n) is 12.0. The first-order valence-electron chi connectivity index (χ1n) is 6.70. The SMILES string of the molecule is CCOC(=O)c1c(NC(=O)C(CC)CC)c[nH]c1C. The number of hydrogen-bond acceptors (Lipinski definition) is 3. The van der Waals surface area contributed by atoms with Crippen LogP contribution in [-0.4, -0.2) is 23.5 Å². The molecule has 0 bridgehead atoms. The summed E-state index contributed by atoms with van der Waals surface area (Å²) in [4.78, 5) is 26.8. The monoisotopic (exact) mass is 266 g/mol. The maximum absolute atomic E-state index is 12.0. The normalized spacial score (nSPS) is 10.6. The maximum Gasteiger partial charge on any atom is 0.342 e. The zero-order chi connectivity index (χ0) is 14.4. The molecule has 5 nitrogen and oxygen atoms in total. The minimum Gasteiger partial charge on any atom is -0.462 e. The highest BCUT2D eigenvalue weighted by Gasteiger charge is 2.21. The van der Waals surface area contributed by atoms with E-state index in [9.17, 15) is 9.59 Å². The third-order valence-electron chi connectivity index (χ3n) is 3.17. The van der Waals surface area contributed by atoms with Gasteiger partial charge in [0.15, 0.2) is 0 Å². The van der Waals surface area contributed by atoms with Crippen LogP contribution in [0.5, 0.6) is 0 Å². The Kier molecular flexibility index (Phi) is 5.60. The molecule has 1 heterocycles. The number of nitrogens with one attached hydrogen (secondary N) is 2. The third kappa shape index (κ3) is 3.59. The number of hydrogen-bond donors (Lipinski definition) is 2. The minimum absolute atomic E-state index is 0.0368. The van der Waals surface area contributed by atoms with Crippen LogP contribution < -0.4 is 5.32 Å². The average molecular weight is 266 g/mol. The fourth-order valence-electron chi connectivity index (χ4n) is 1.99. The van der Waals surface area contributed by atoms with E-state index in [0.29, 0.717) is 23.6 Å². The van der Waals surface area contributed by atoms with Crippen molar-refractivity contribution >= 4 is 17.6 Å². The molecule has 19 heavy (non-hydrogen) atoms. The largest absolute Gasteiger partial charge is 0.462 e. The van der Waals surface area contributed by atoms with Crippen molar-refractivity contribution in [2.75, 3.05) is 11.9 Å². The van der Waals surface area contributed by atoms with Gasteiger partial charge in [-0.05, 0) is 26.7 Å². The van der Waals surface area contributed by atoms with Crippen LogP contribution in [0.25, 0.3) is 0 Å². The minimum atomic E-state index is -0.416. The van der Waals surface area contributed by atoms with Gasteiger partial charge >= 0.3 is 5.97 Å². The lowest BCUT2D eigenvalue weighted by molar-refractivity contribution is -0.120.